The number of amides is 1. The highest BCUT2D eigenvalue weighted by Crippen LogP contribution is 2.31. The van der Waals surface area contributed by atoms with E-state index < -0.39 is 0 Å². The molecule has 1 atom stereocenters. The molecular weight excluding hydrogens is 446 g/mol. The maximum atomic E-state index is 12.5. The molecule has 4 N–H and O–H groups in total. The van der Waals surface area contributed by atoms with Crippen LogP contribution in [0, 0.1) is 0 Å². The Morgan fingerprint density at radius 2 is 2.00 bits per heavy atom. The van der Waals surface area contributed by atoms with Crippen molar-refractivity contribution < 1.29 is 9.53 Å². The average Bonchev–Trinajstić information content (AvgIpc) is 3.46. The van der Waals surface area contributed by atoms with E-state index >= 15 is 0 Å². The molecule has 0 bridgehead atoms. The van der Waals surface area contributed by atoms with Gasteiger partial charge in [0.2, 0.25) is 5.91 Å². The maximum Gasteiger partial charge on any atom is 0.236 e. The Hall–Kier alpha value is -3.02. The van der Waals surface area contributed by atoms with Crippen LogP contribution in [0.4, 0.5) is 0 Å². The molecule has 0 saturated heterocycles. The van der Waals surface area contributed by atoms with Gasteiger partial charge in [0, 0.05) is 18.7 Å². The summed E-state index contributed by atoms with van der Waals surface area (Å²) in [6, 6.07) is 17.5. The van der Waals surface area contributed by atoms with Crippen molar-refractivity contribution in [3.05, 3.63) is 60.2 Å². The minimum Gasteiger partial charge on any atom is -0.497 e. The summed E-state index contributed by atoms with van der Waals surface area (Å²) in [6.45, 7) is 1.01. The third-order valence-corrected chi connectivity index (χ3v) is 6.61. The summed E-state index contributed by atoms with van der Waals surface area (Å²) in [5.74, 6) is 1.55. The van der Waals surface area contributed by atoms with Gasteiger partial charge in [0.25, 0.3) is 0 Å². The summed E-state index contributed by atoms with van der Waals surface area (Å²) >= 11 is 2.77. The number of nitrogens with zero attached hydrogens (tertiary/aromatic N) is 4. The van der Waals surface area contributed by atoms with Crippen LogP contribution in [0.15, 0.2) is 64.9 Å². The number of amidine groups is 1. The smallest absolute Gasteiger partial charge is 0.236 e. The molecule has 0 radical (unpaired) electrons. The molecule has 0 aliphatic carbocycles. The average molecular weight is 470 g/mol. The Bertz CT molecular complexity index is 1090. The second kappa shape index (κ2) is 10.5. The number of aromatic nitrogens is 3. The minimum absolute atomic E-state index is 0.0649. The van der Waals surface area contributed by atoms with E-state index in [1.54, 1.807) is 7.11 Å². The van der Waals surface area contributed by atoms with Crippen LogP contribution in [0.5, 0.6) is 5.75 Å². The Morgan fingerprint density at radius 1 is 1.22 bits per heavy atom. The van der Waals surface area contributed by atoms with Crippen LogP contribution >= 0.6 is 23.5 Å². The minimum atomic E-state index is -0.165. The van der Waals surface area contributed by atoms with E-state index in [1.807, 2.05) is 59.2 Å². The highest BCUT2D eigenvalue weighted by molar-refractivity contribution is 8.14. The Labute approximate surface area is 194 Å². The molecule has 2 heterocycles. The van der Waals surface area contributed by atoms with Gasteiger partial charge in [0.05, 0.1) is 12.9 Å². The fourth-order valence-electron chi connectivity index (χ4n) is 3.07. The molecule has 166 valence electrons. The van der Waals surface area contributed by atoms with E-state index in [1.165, 1.54) is 23.5 Å². The van der Waals surface area contributed by atoms with Gasteiger partial charge in [-0.1, -0.05) is 66.0 Å². The highest BCUT2D eigenvalue weighted by Gasteiger charge is 2.23. The number of nitrogens with one attached hydrogen (secondary N) is 2. The molecule has 1 aliphatic rings. The first kappa shape index (κ1) is 22.2. The predicted octanol–water partition coefficient (Wildman–Crippen LogP) is 2.43. The van der Waals surface area contributed by atoms with Crippen molar-refractivity contribution in [1.29, 1.82) is 0 Å². The van der Waals surface area contributed by atoms with Crippen molar-refractivity contribution in [2.45, 2.75) is 17.1 Å². The molecule has 0 spiro atoms. The summed E-state index contributed by atoms with van der Waals surface area (Å²) in [6.07, 6.45) is 0. The van der Waals surface area contributed by atoms with Gasteiger partial charge in [-0.25, -0.2) is 0 Å². The molecule has 11 heteroatoms. The van der Waals surface area contributed by atoms with Crippen LogP contribution in [-0.2, 0) is 11.3 Å². The first-order chi connectivity index (χ1) is 15.7. The molecule has 3 aromatic rings. The zero-order chi connectivity index (χ0) is 22.3. The zero-order valence-electron chi connectivity index (χ0n) is 17.4. The van der Waals surface area contributed by atoms with Gasteiger partial charge in [-0.2, -0.15) is 5.10 Å². The molecule has 1 unspecified atom stereocenters. The molecular formula is C21H23N7O2S2. The highest BCUT2D eigenvalue weighted by atomic mass is 32.2. The van der Waals surface area contributed by atoms with Crippen LogP contribution in [-0.4, -0.2) is 45.2 Å². The predicted molar refractivity (Wildman–Crippen MR) is 127 cm³/mol. The first-order valence-electron chi connectivity index (χ1n) is 9.93. The van der Waals surface area contributed by atoms with E-state index in [0.717, 1.165) is 22.7 Å². The number of hydrogen-bond acceptors (Lipinski definition) is 9. The summed E-state index contributed by atoms with van der Waals surface area (Å²) < 4.78 is 7.13. The number of carbonyl (C=O) groups excluding carboxylic acids is 1. The third-order valence-electron chi connectivity index (χ3n) is 4.61. The molecule has 0 fully saturated rings. The lowest BCUT2D eigenvalue weighted by atomic mass is 10.2. The monoisotopic (exact) mass is 469 g/mol. The second-order valence-corrected chi connectivity index (χ2v) is 8.80. The van der Waals surface area contributed by atoms with Crippen molar-refractivity contribution in [3.8, 4) is 17.1 Å². The number of benzene rings is 2. The van der Waals surface area contributed by atoms with Gasteiger partial charge >= 0.3 is 0 Å². The summed E-state index contributed by atoms with van der Waals surface area (Å²) in [4.78, 5) is 12.5. The quantitative estimate of drug-likeness (QED) is 0.430. The first-order valence-corrected chi connectivity index (χ1v) is 11.8. The lowest BCUT2D eigenvalue weighted by Crippen LogP contribution is -2.29. The lowest BCUT2D eigenvalue weighted by Gasteiger charge is -2.10. The van der Waals surface area contributed by atoms with Crippen molar-refractivity contribution in [1.82, 2.24) is 25.5 Å². The number of hydrogen-bond donors (Lipinski definition) is 3. The molecule has 1 aromatic heterocycles. The topological polar surface area (TPSA) is 119 Å². The van der Waals surface area contributed by atoms with Gasteiger partial charge in [-0.05, 0) is 17.7 Å². The van der Waals surface area contributed by atoms with Gasteiger partial charge in [0.1, 0.15) is 11.1 Å². The van der Waals surface area contributed by atoms with Crippen LogP contribution in [0.3, 0.4) is 0 Å². The standard InChI is InChI=1S/C21H23N7O2S2/c1-30-16-9-7-15(8-10-16)19-25-26-20(32-19)23-17(29)13-31-21-27-24-18(28(21)12-11-22)14-5-3-2-4-6-14/h2-10,19,25H,11-13,22H2,1H3,(H,23,26,29). The maximum absolute atomic E-state index is 12.5. The SMILES string of the molecule is COc1ccc(C2NN=C(NC(=O)CSc3nnc(-c4ccccc4)n3CCN)S2)cc1. The molecule has 4 rings (SSSR count). The van der Waals surface area contributed by atoms with Gasteiger partial charge in [-0.3, -0.25) is 10.2 Å². The van der Waals surface area contributed by atoms with Crippen LogP contribution < -0.4 is 21.2 Å². The normalized spacial score (nSPS) is 15.2. The summed E-state index contributed by atoms with van der Waals surface area (Å²) in [5, 5.41) is 16.8. The third kappa shape index (κ3) is 5.23. The number of methoxy groups -OCH3 is 1. The number of rotatable bonds is 8. The van der Waals surface area contributed by atoms with Crippen molar-refractivity contribution in [2.24, 2.45) is 10.8 Å². The van der Waals surface area contributed by atoms with Gasteiger partial charge in [-0.15, -0.1) is 10.2 Å². The van der Waals surface area contributed by atoms with E-state index in [2.05, 4.69) is 26.0 Å². The summed E-state index contributed by atoms with van der Waals surface area (Å²) in [5.41, 5.74) is 10.8. The van der Waals surface area contributed by atoms with E-state index in [0.29, 0.717) is 23.4 Å². The number of thioether (sulfide) groups is 2. The number of carbonyl (C=O) groups is 1. The van der Waals surface area contributed by atoms with Crippen molar-refractivity contribution in [3.63, 3.8) is 0 Å². The summed E-state index contributed by atoms with van der Waals surface area (Å²) in [7, 11) is 1.63. The molecule has 32 heavy (non-hydrogen) atoms. The van der Waals surface area contributed by atoms with E-state index in [4.69, 9.17) is 10.5 Å². The Kier molecular flexibility index (Phi) is 7.30. The van der Waals surface area contributed by atoms with Crippen molar-refractivity contribution >= 4 is 34.6 Å². The molecule has 2 aromatic carbocycles. The number of nitrogens with two attached hydrogens (primary N) is 1. The molecule has 0 saturated carbocycles. The number of ether oxygens (including phenoxy) is 1. The Balaban J connectivity index is 1.33. The molecule has 1 amide bonds. The van der Waals surface area contributed by atoms with Gasteiger partial charge in [0.15, 0.2) is 16.1 Å². The fraction of sp³-hybridized carbons (Fsp3) is 0.238. The lowest BCUT2D eigenvalue weighted by molar-refractivity contribution is -0.117. The van der Waals surface area contributed by atoms with E-state index in [9.17, 15) is 4.79 Å². The fourth-order valence-corrected chi connectivity index (χ4v) is 4.74. The Morgan fingerprint density at radius 3 is 2.72 bits per heavy atom. The molecule has 9 nitrogen and oxygen atoms in total. The van der Waals surface area contributed by atoms with Crippen LogP contribution in [0.1, 0.15) is 10.9 Å². The molecule has 1 aliphatic heterocycles. The van der Waals surface area contributed by atoms with Crippen LogP contribution in [0.25, 0.3) is 11.4 Å². The van der Waals surface area contributed by atoms with Crippen molar-refractivity contribution in [2.75, 3.05) is 19.4 Å². The number of hydrazone groups is 1. The van der Waals surface area contributed by atoms with Crippen LogP contribution in [0.2, 0.25) is 0 Å². The van der Waals surface area contributed by atoms with Gasteiger partial charge < -0.3 is 20.4 Å². The zero-order valence-corrected chi connectivity index (χ0v) is 19.0. The van der Waals surface area contributed by atoms with E-state index in [-0.39, 0.29) is 17.0 Å². The second-order valence-electron chi connectivity index (χ2n) is 6.77. The largest absolute Gasteiger partial charge is 0.497 e.